The minimum Gasteiger partial charge on any atom is -0.494 e. The molecule has 6 rings (SSSR count). The van der Waals surface area contributed by atoms with Crippen LogP contribution in [0.3, 0.4) is 0 Å². The van der Waals surface area contributed by atoms with Gasteiger partial charge in [0.15, 0.2) is 0 Å². The fourth-order valence-corrected chi connectivity index (χ4v) is 4.34. The molecule has 9 nitrogen and oxygen atoms in total. The molecule has 6 aromatic rings. The van der Waals surface area contributed by atoms with E-state index in [1.165, 1.54) is 12.8 Å². The molecule has 0 aliphatic heterocycles. The third kappa shape index (κ3) is 5.84. The van der Waals surface area contributed by atoms with Crippen molar-refractivity contribution in [1.82, 2.24) is 25.4 Å². The van der Waals surface area contributed by atoms with Gasteiger partial charge in [0, 0.05) is 11.1 Å². The van der Waals surface area contributed by atoms with Crippen LogP contribution in [0.15, 0.2) is 101 Å². The standard InChI is InChI=1S/C32H27N5O4/c1-2-3-6-21-39-27-19-17-23(18-20-27)22-9-11-24(12-10-22)30-34-35-31(40-30)25-13-15-26(16-14-25)32(38)41-37-29-8-5-4-7-28(29)33-36-37/h4-5,7-20H,2-3,6,21H2,1H3. The van der Waals surface area contributed by atoms with Crippen LogP contribution >= 0.6 is 0 Å². The topological polar surface area (TPSA) is 105 Å². The molecule has 0 aliphatic rings. The second kappa shape index (κ2) is 11.8. The monoisotopic (exact) mass is 545 g/mol. The number of carbonyl (C=O) groups excluding carboxylic acids is 1. The van der Waals surface area contributed by atoms with E-state index in [0.717, 1.165) is 40.3 Å². The normalized spacial score (nSPS) is 11.0. The van der Waals surface area contributed by atoms with E-state index >= 15 is 0 Å². The summed E-state index contributed by atoms with van der Waals surface area (Å²) in [5, 5.41) is 16.3. The highest BCUT2D eigenvalue weighted by Gasteiger charge is 2.15. The van der Waals surface area contributed by atoms with E-state index in [9.17, 15) is 4.79 Å². The Bertz CT molecular complexity index is 1760. The lowest BCUT2D eigenvalue weighted by Gasteiger charge is -2.07. The van der Waals surface area contributed by atoms with Crippen LogP contribution in [0, 0.1) is 0 Å². The van der Waals surface area contributed by atoms with Gasteiger partial charge in [-0.15, -0.1) is 15.3 Å². The Morgan fingerprint density at radius 2 is 1.34 bits per heavy atom. The molecule has 0 fully saturated rings. The lowest BCUT2D eigenvalue weighted by atomic mass is 10.0. The summed E-state index contributed by atoms with van der Waals surface area (Å²) >= 11 is 0. The smallest absolute Gasteiger partial charge is 0.365 e. The van der Waals surface area contributed by atoms with Gasteiger partial charge < -0.3 is 14.0 Å². The molecule has 4 aromatic carbocycles. The van der Waals surface area contributed by atoms with E-state index in [0.29, 0.717) is 33.9 Å². The van der Waals surface area contributed by atoms with Crippen LogP contribution in [-0.4, -0.2) is 37.9 Å². The molecule has 0 atom stereocenters. The Balaban J connectivity index is 1.09. The number of para-hydroxylation sites is 1. The summed E-state index contributed by atoms with van der Waals surface area (Å²) in [6.07, 6.45) is 3.43. The number of fused-ring (bicyclic) bond motifs is 1. The molecular weight excluding hydrogens is 518 g/mol. The lowest BCUT2D eigenvalue weighted by Crippen LogP contribution is -2.20. The first kappa shape index (κ1) is 25.9. The molecule has 0 aliphatic carbocycles. The van der Waals surface area contributed by atoms with E-state index in [4.69, 9.17) is 14.0 Å². The molecule has 0 saturated heterocycles. The summed E-state index contributed by atoms with van der Waals surface area (Å²) in [5.74, 6) is 1.07. The molecule has 41 heavy (non-hydrogen) atoms. The number of carbonyl (C=O) groups is 1. The van der Waals surface area contributed by atoms with Crippen molar-refractivity contribution in [3.63, 3.8) is 0 Å². The molecule has 0 amide bonds. The van der Waals surface area contributed by atoms with Crippen LogP contribution in [0.2, 0.25) is 0 Å². The van der Waals surface area contributed by atoms with Crippen molar-refractivity contribution in [3.8, 4) is 39.8 Å². The molecule has 204 valence electrons. The molecule has 0 unspecified atom stereocenters. The largest absolute Gasteiger partial charge is 0.494 e. The third-order valence-corrected chi connectivity index (χ3v) is 6.62. The summed E-state index contributed by atoms with van der Waals surface area (Å²) in [7, 11) is 0. The molecule has 9 heteroatoms. The number of nitrogens with zero attached hydrogens (tertiary/aromatic N) is 5. The zero-order chi connectivity index (χ0) is 28.0. The molecule has 2 heterocycles. The van der Waals surface area contributed by atoms with Crippen LogP contribution in [0.4, 0.5) is 0 Å². The number of rotatable bonds is 10. The van der Waals surface area contributed by atoms with E-state index in [2.05, 4.69) is 39.6 Å². The van der Waals surface area contributed by atoms with E-state index < -0.39 is 5.97 Å². The Labute approximate surface area is 236 Å². The van der Waals surface area contributed by atoms with E-state index in [-0.39, 0.29) is 0 Å². The van der Waals surface area contributed by atoms with Gasteiger partial charge in [0.1, 0.15) is 16.8 Å². The quantitative estimate of drug-likeness (QED) is 0.139. The molecule has 0 spiro atoms. The Kier molecular flexibility index (Phi) is 7.49. The lowest BCUT2D eigenvalue weighted by molar-refractivity contribution is 0.0409. The van der Waals surface area contributed by atoms with Crippen molar-refractivity contribution < 1.29 is 18.8 Å². The first-order valence-electron chi connectivity index (χ1n) is 13.5. The Hall–Kier alpha value is -5.31. The summed E-state index contributed by atoms with van der Waals surface area (Å²) < 4.78 is 11.7. The van der Waals surface area contributed by atoms with Crippen molar-refractivity contribution in [2.24, 2.45) is 0 Å². The molecule has 0 N–H and O–H groups in total. The van der Waals surface area contributed by atoms with Gasteiger partial charge in [-0.2, -0.15) is 0 Å². The van der Waals surface area contributed by atoms with Crippen molar-refractivity contribution in [2.45, 2.75) is 26.2 Å². The van der Waals surface area contributed by atoms with Gasteiger partial charge in [-0.05, 0) is 83.4 Å². The maximum absolute atomic E-state index is 12.6. The maximum Gasteiger partial charge on any atom is 0.365 e. The van der Waals surface area contributed by atoms with Crippen LogP contribution in [0.1, 0.15) is 36.5 Å². The highest BCUT2D eigenvalue weighted by molar-refractivity contribution is 5.90. The SMILES string of the molecule is CCCCCOc1ccc(-c2ccc(-c3nnc(-c4ccc(C(=O)On5nnc6ccccc65)cc4)o3)cc2)cc1. The third-order valence-electron chi connectivity index (χ3n) is 6.62. The van der Waals surface area contributed by atoms with Crippen molar-refractivity contribution in [3.05, 3.63) is 103 Å². The van der Waals surface area contributed by atoms with Crippen molar-refractivity contribution in [2.75, 3.05) is 6.61 Å². The Morgan fingerprint density at radius 3 is 2.02 bits per heavy atom. The molecule has 2 aromatic heterocycles. The number of unbranched alkanes of at least 4 members (excludes halogenated alkanes) is 2. The molecule has 0 saturated carbocycles. The van der Waals surface area contributed by atoms with Crippen molar-refractivity contribution in [1.29, 1.82) is 0 Å². The van der Waals surface area contributed by atoms with Crippen LogP contribution in [0.25, 0.3) is 45.1 Å². The fraction of sp³-hybridized carbons (Fsp3) is 0.156. The minimum atomic E-state index is -0.562. The highest BCUT2D eigenvalue weighted by Crippen LogP contribution is 2.28. The predicted octanol–water partition coefficient (Wildman–Crippen LogP) is 6.65. The zero-order valence-electron chi connectivity index (χ0n) is 22.4. The average molecular weight is 546 g/mol. The highest BCUT2D eigenvalue weighted by atomic mass is 16.7. The molecule has 0 radical (unpaired) electrons. The predicted molar refractivity (Wildman–Crippen MR) is 154 cm³/mol. The summed E-state index contributed by atoms with van der Waals surface area (Å²) in [6.45, 7) is 2.92. The second-order valence-electron chi connectivity index (χ2n) is 9.48. The first-order chi connectivity index (χ1) is 20.2. The number of hydrogen-bond acceptors (Lipinski definition) is 8. The van der Waals surface area contributed by atoms with Gasteiger partial charge in [0.25, 0.3) is 0 Å². The van der Waals surface area contributed by atoms with Gasteiger partial charge in [0.2, 0.25) is 11.8 Å². The van der Waals surface area contributed by atoms with Gasteiger partial charge >= 0.3 is 5.97 Å². The van der Waals surface area contributed by atoms with Crippen LogP contribution in [0.5, 0.6) is 5.75 Å². The van der Waals surface area contributed by atoms with E-state index in [1.807, 2.05) is 48.5 Å². The zero-order valence-corrected chi connectivity index (χ0v) is 22.4. The number of ether oxygens (including phenoxy) is 1. The molecule has 0 bridgehead atoms. The van der Waals surface area contributed by atoms with Gasteiger partial charge in [0.05, 0.1) is 12.2 Å². The maximum atomic E-state index is 12.6. The summed E-state index contributed by atoms with van der Waals surface area (Å²) in [6, 6.07) is 30.0. The van der Waals surface area contributed by atoms with Gasteiger partial charge in [-0.1, -0.05) is 61.0 Å². The van der Waals surface area contributed by atoms with Gasteiger partial charge in [-0.25, -0.2) is 4.79 Å². The van der Waals surface area contributed by atoms with E-state index in [1.54, 1.807) is 36.4 Å². The van der Waals surface area contributed by atoms with Crippen LogP contribution < -0.4 is 9.57 Å². The summed E-state index contributed by atoms with van der Waals surface area (Å²) in [4.78, 5) is 19.1. The first-order valence-corrected chi connectivity index (χ1v) is 13.5. The van der Waals surface area contributed by atoms with Crippen molar-refractivity contribution >= 4 is 17.0 Å². The molecular formula is C32H27N5O4. The number of benzene rings is 4. The fourth-order valence-electron chi connectivity index (χ4n) is 4.34. The average Bonchev–Trinajstić information content (AvgIpc) is 3.68. The number of aromatic nitrogens is 5. The Morgan fingerprint density at radius 1 is 0.732 bits per heavy atom. The summed E-state index contributed by atoms with van der Waals surface area (Å²) in [5.41, 5.74) is 5.24. The second-order valence-corrected chi connectivity index (χ2v) is 9.48. The van der Waals surface area contributed by atoms with Crippen LogP contribution in [-0.2, 0) is 0 Å². The van der Waals surface area contributed by atoms with Gasteiger partial charge in [-0.3, -0.25) is 0 Å². The number of hydrogen-bond donors (Lipinski definition) is 0. The minimum absolute atomic E-state index is 0.347.